The summed E-state index contributed by atoms with van der Waals surface area (Å²) in [5, 5.41) is -0.576. The SMILES string of the molecule is COC(=O)[C@@H](C)N1C(=O)S/C(=C/c2ccc(N3CCCC3)cc2F)C1=O. The largest absolute Gasteiger partial charge is 0.467 e. The van der Waals surface area contributed by atoms with Crippen LogP contribution < -0.4 is 4.90 Å². The molecule has 2 aliphatic rings. The fourth-order valence-corrected chi connectivity index (χ4v) is 3.94. The van der Waals surface area contributed by atoms with E-state index in [9.17, 15) is 18.8 Å². The number of ether oxygens (including phenoxy) is 1. The van der Waals surface area contributed by atoms with E-state index < -0.39 is 29.0 Å². The zero-order chi connectivity index (χ0) is 18.8. The van der Waals surface area contributed by atoms with Crippen LogP contribution in [0.3, 0.4) is 0 Å². The second kappa shape index (κ2) is 7.49. The standard InChI is InChI=1S/C18H19FN2O4S/c1-11(17(23)25-2)21-16(22)15(26-18(21)24)9-12-5-6-13(10-14(12)19)20-7-3-4-8-20/h5-6,9-11H,3-4,7-8H2,1-2H3/b15-9+/t11-/m1/s1. The van der Waals surface area contributed by atoms with Crippen molar-refractivity contribution >= 4 is 40.6 Å². The van der Waals surface area contributed by atoms with Crippen molar-refractivity contribution in [3.8, 4) is 0 Å². The average Bonchev–Trinajstić information content (AvgIpc) is 3.24. The van der Waals surface area contributed by atoms with E-state index >= 15 is 0 Å². The minimum absolute atomic E-state index is 0.0820. The summed E-state index contributed by atoms with van der Waals surface area (Å²) in [5.74, 6) is -1.77. The summed E-state index contributed by atoms with van der Waals surface area (Å²) < 4.78 is 19.0. The first-order chi connectivity index (χ1) is 12.4. The zero-order valence-electron chi connectivity index (χ0n) is 14.5. The van der Waals surface area contributed by atoms with Gasteiger partial charge in [-0.3, -0.25) is 14.5 Å². The molecule has 0 saturated carbocycles. The maximum atomic E-state index is 14.5. The van der Waals surface area contributed by atoms with Crippen LogP contribution in [0.2, 0.25) is 0 Å². The molecule has 0 N–H and O–H groups in total. The number of carbonyl (C=O) groups is 3. The average molecular weight is 378 g/mol. The number of anilines is 1. The number of carbonyl (C=O) groups excluding carboxylic acids is 3. The molecule has 6 nitrogen and oxygen atoms in total. The van der Waals surface area contributed by atoms with E-state index in [1.807, 2.05) is 6.07 Å². The molecule has 8 heteroatoms. The Morgan fingerprint density at radius 2 is 2.00 bits per heavy atom. The molecule has 1 aromatic rings. The van der Waals surface area contributed by atoms with Crippen molar-refractivity contribution in [3.63, 3.8) is 0 Å². The topological polar surface area (TPSA) is 66.9 Å². The molecule has 1 aromatic carbocycles. The summed E-state index contributed by atoms with van der Waals surface area (Å²) in [4.78, 5) is 39.2. The van der Waals surface area contributed by atoms with E-state index in [2.05, 4.69) is 9.64 Å². The maximum absolute atomic E-state index is 14.5. The van der Waals surface area contributed by atoms with E-state index in [4.69, 9.17) is 0 Å². The molecule has 0 aliphatic carbocycles. The van der Waals surface area contributed by atoms with E-state index in [0.717, 1.165) is 36.5 Å². The highest BCUT2D eigenvalue weighted by molar-refractivity contribution is 8.18. The molecule has 3 rings (SSSR count). The number of thioether (sulfide) groups is 1. The predicted octanol–water partition coefficient (Wildman–Crippen LogP) is 3.02. The second-order valence-electron chi connectivity index (χ2n) is 6.15. The summed E-state index contributed by atoms with van der Waals surface area (Å²) in [7, 11) is 1.19. The summed E-state index contributed by atoms with van der Waals surface area (Å²) >= 11 is 0.685. The number of halogens is 1. The molecule has 2 fully saturated rings. The van der Waals surface area contributed by atoms with Gasteiger partial charge in [-0.1, -0.05) is 0 Å². The van der Waals surface area contributed by atoms with Crippen LogP contribution in [0.5, 0.6) is 0 Å². The monoisotopic (exact) mass is 378 g/mol. The third kappa shape index (κ3) is 3.46. The maximum Gasteiger partial charge on any atom is 0.328 e. The van der Waals surface area contributed by atoms with Gasteiger partial charge in [0, 0.05) is 24.3 Å². The summed E-state index contributed by atoms with van der Waals surface area (Å²) in [6.07, 6.45) is 3.53. The lowest BCUT2D eigenvalue weighted by Gasteiger charge is -2.18. The van der Waals surface area contributed by atoms with Gasteiger partial charge in [0.1, 0.15) is 11.9 Å². The van der Waals surface area contributed by atoms with Gasteiger partial charge < -0.3 is 9.64 Å². The molecule has 2 amide bonds. The third-order valence-electron chi connectivity index (χ3n) is 4.49. The molecule has 0 radical (unpaired) electrons. The smallest absolute Gasteiger partial charge is 0.328 e. The van der Waals surface area contributed by atoms with Crippen molar-refractivity contribution in [1.82, 2.24) is 4.90 Å². The first-order valence-electron chi connectivity index (χ1n) is 8.31. The van der Waals surface area contributed by atoms with Gasteiger partial charge in [-0.2, -0.15) is 0 Å². The highest BCUT2D eigenvalue weighted by Crippen LogP contribution is 2.34. The Balaban J connectivity index is 1.83. The number of esters is 1. The molecule has 2 aliphatic heterocycles. The summed E-state index contributed by atoms with van der Waals surface area (Å²) in [6, 6.07) is 3.82. The lowest BCUT2D eigenvalue weighted by molar-refractivity contribution is -0.148. The van der Waals surface area contributed by atoms with Gasteiger partial charge in [0.05, 0.1) is 12.0 Å². The Morgan fingerprint density at radius 1 is 1.31 bits per heavy atom. The number of nitrogens with zero attached hydrogens (tertiary/aromatic N) is 2. The van der Waals surface area contributed by atoms with Crippen LogP contribution >= 0.6 is 11.8 Å². The van der Waals surface area contributed by atoms with Crippen LogP contribution in [0, 0.1) is 5.82 Å². The van der Waals surface area contributed by atoms with Crippen LogP contribution in [0.25, 0.3) is 6.08 Å². The van der Waals surface area contributed by atoms with E-state index in [1.54, 1.807) is 6.07 Å². The van der Waals surface area contributed by atoms with Crippen molar-refractivity contribution < 1.29 is 23.5 Å². The lowest BCUT2D eigenvalue weighted by Crippen LogP contribution is -2.42. The van der Waals surface area contributed by atoms with Gasteiger partial charge in [-0.05, 0) is 55.8 Å². The second-order valence-corrected chi connectivity index (χ2v) is 7.14. The molecule has 2 heterocycles. The molecule has 0 bridgehead atoms. The van der Waals surface area contributed by atoms with Crippen molar-refractivity contribution in [2.75, 3.05) is 25.1 Å². The Kier molecular flexibility index (Phi) is 5.31. The number of hydrogen-bond acceptors (Lipinski definition) is 6. The number of methoxy groups -OCH3 is 1. The van der Waals surface area contributed by atoms with Crippen LogP contribution in [0.15, 0.2) is 23.1 Å². The van der Waals surface area contributed by atoms with Crippen molar-refractivity contribution in [1.29, 1.82) is 0 Å². The molecule has 138 valence electrons. The number of rotatable bonds is 4. The molecule has 2 saturated heterocycles. The highest BCUT2D eigenvalue weighted by atomic mass is 32.2. The molecular weight excluding hydrogens is 359 g/mol. The van der Waals surface area contributed by atoms with Crippen LogP contribution in [0.4, 0.5) is 14.9 Å². The van der Waals surface area contributed by atoms with Crippen molar-refractivity contribution in [2.24, 2.45) is 0 Å². The van der Waals surface area contributed by atoms with Gasteiger partial charge in [-0.15, -0.1) is 0 Å². The van der Waals surface area contributed by atoms with Gasteiger partial charge in [0.2, 0.25) is 0 Å². The molecule has 0 unspecified atom stereocenters. The molecule has 1 atom stereocenters. The van der Waals surface area contributed by atoms with Crippen LogP contribution in [-0.4, -0.2) is 48.3 Å². The van der Waals surface area contributed by atoms with Crippen molar-refractivity contribution in [2.45, 2.75) is 25.8 Å². The minimum Gasteiger partial charge on any atom is -0.467 e. The first-order valence-corrected chi connectivity index (χ1v) is 9.13. The summed E-state index contributed by atoms with van der Waals surface area (Å²) in [5.41, 5.74) is 1.04. The van der Waals surface area contributed by atoms with Gasteiger partial charge >= 0.3 is 5.97 Å². The Morgan fingerprint density at radius 3 is 2.62 bits per heavy atom. The van der Waals surface area contributed by atoms with Gasteiger partial charge in [0.25, 0.3) is 11.1 Å². The molecule has 0 spiro atoms. The highest BCUT2D eigenvalue weighted by Gasteiger charge is 2.41. The number of benzene rings is 1. The molecule has 0 aromatic heterocycles. The van der Waals surface area contributed by atoms with Crippen molar-refractivity contribution in [3.05, 3.63) is 34.5 Å². The van der Waals surface area contributed by atoms with Gasteiger partial charge in [-0.25, -0.2) is 9.18 Å². The fraction of sp³-hybridized carbons (Fsp3) is 0.389. The minimum atomic E-state index is -1.03. The predicted molar refractivity (Wildman–Crippen MR) is 97.1 cm³/mol. The first kappa shape index (κ1) is 18.4. The normalized spacial score (nSPS) is 20.2. The zero-order valence-corrected chi connectivity index (χ0v) is 15.3. The Labute approximate surface area is 155 Å². The fourth-order valence-electron chi connectivity index (χ4n) is 3.04. The molecular formula is C18H19FN2O4S. The van der Waals surface area contributed by atoms with E-state index in [-0.39, 0.29) is 10.5 Å². The lowest BCUT2D eigenvalue weighted by atomic mass is 10.1. The number of amides is 2. The third-order valence-corrected chi connectivity index (χ3v) is 5.38. The molecule has 26 heavy (non-hydrogen) atoms. The van der Waals surface area contributed by atoms with Crippen LogP contribution in [-0.2, 0) is 14.3 Å². The Bertz CT molecular complexity index is 789. The number of imide groups is 1. The quantitative estimate of drug-likeness (QED) is 0.593. The van der Waals surface area contributed by atoms with Crippen LogP contribution in [0.1, 0.15) is 25.3 Å². The number of hydrogen-bond donors (Lipinski definition) is 0. The van der Waals surface area contributed by atoms with E-state index in [1.165, 1.54) is 26.2 Å². The Hall–Kier alpha value is -2.35. The van der Waals surface area contributed by atoms with Gasteiger partial charge in [0.15, 0.2) is 0 Å². The summed E-state index contributed by atoms with van der Waals surface area (Å²) in [6.45, 7) is 3.22. The van der Waals surface area contributed by atoms with E-state index in [0.29, 0.717) is 11.8 Å².